The van der Waals surface area contributed by atoms with Crippen LogP contribution in [0.3, 0.4) is 0 Å². The number of amides is 3. The van der Waals surface area contributed by atoms with Crippen LogP contribution < -0.4 is 16.4 Å². The number of carbonyl (C=O) groups is 2. The molecule has 0 bridgehead atoms. The summed E-state index contributed by atoms with van der Waals surface area (Å²) in [6, 6.07) is 6.97. The smallest absolute Gasteiger partial charge is 0.319 e. The SMILES string of the molecule is Cc1ccc(NC(=O)NCC2CCCN(C(=O)[C@H](C)N)C2)cc1.Cl. The van der Waals surface area contributed by atoms with E-state index in [0.29, 0.717) is 13.1 Å². The number of halogens is 1. The Morgan fingerprint density at radius 1 is 1.33 bits per heavy atom. The molecule has 4 N–H and O–H groups in total. The molecule has 1 aromatic carbocycles. The lowest BCUT2D eigenvalue weighted by Crippen LogP contribution is -2.49. The number of aryl methyl sites for hydroxylation is 1. The number of nitrogens with two attached hydrogens (primary N) is 1. The third kappa shape index (κ3) is 6.02. The first-order chi connectivity index (χ1) is 11.0. The molecule has 1 saturated heterocycles. The summed E-state index contributed by atoms with van der Waals surface area (Å²) in [5, 5.41) is 5.70. The number of benzene rings is 1. The monoisotopic (exact) mass is 354 g/mol. The predicted molar refractivity (Wildman–Crippen MR) is 98.4 cm³/mol. The number of piperidine rings is 1. The van der Waals surface area contributed by atoms with Crippen LogP contribution in [0.15, 0.2) is 24.3 Å². The minimum Gasteiger partial charge on any atom is -0.341 e. The van der Waals surface area contributed by atoms with Crippen LogP contribution >= 0.6 is 12.4 Å². The maximum atomic E-state index is 12.0. The first-order valence-corrected chi connectivity index (χ1v) is 8.11. The fraction of sp³-hybridized carbons (Fsp3) is 0.529. The van der Waals surface area contributed by atoms with E-state index in [1.165, 1.54) is 0 Å². The van der Waals surface area contributed by atoms with Gasteiger partial charge in [-0.2, -0.15) is 0 Å². The van der Waals surface area contributed by atoms with Crippen molar-refractivity contribution in [2.24, 2.45) is 11.7 Å². The number of hydrogen-bond donors (Lipinski definition) is 3. The normalized spacial score (nSPS) is 18.3. The van der Waals surface area contributed by atoms with Crippen molar-refractivity contribution in [2.75, 3.05) is 25.0 Å². The number of anilines is 1. The Kier molecular flexibility index (Phi) is 8.01. The highest BCUT2D eigenvalue weighted by Gasteiger charge is 2.25. The zero-order chi connectivity index (χ0) is 16.8. The van der Waals surface area contributed by atoms with E-state index in [4.69, 9.17) is 5.73 Å². The lowest BCUT2D eigenvalue weighted by Gasteiger charge is -2.33. The number of rotatable bonds is 4. The second-order valence-electron chi connectivity index (χ2n) is 6.28. The number of likely N-dealkylation sites (tertiary alicyclic amines) is 1. The van der Waals surface area contributed by atoms with E-state index >= 15 is 0 Å². The van der Waals surface area contributed by atoms with Gasteiger partial charge in [0.15, 0.2) is 0 Å². The molecule has 2 rings (SSSR count). The molecular formula is C17H27ClN4O2. The molecule has 0 aliphatic carbocycles. The third-order valence-electron chi connectivity index (χ3n) is 4.08. The van der Waals surface area contributed by atoms with Crippen molar-refractivity contribution in [3.63, 3.8) is 0 Å². The molecular weight excluding hydrogens is 328 g/mol. The van der Waals surface area contributed by atoms with Gasteiger partial charge in [0, 0.05) is 25.3 Å². The van der Waals surface area contributed by atoms with Crippen molar-refractivity contribution >= 4 is 30.0 Å². The zero-order valence-corrected chi connectivity index (χ0v) is 15.1. The molecule has 1 aliphatic heterocycles. The molecule has 1 heterocycles. The quantitative estimate of drug-likeness (QED) is 0.774. The molecule has 1 aromatic rings. The largest absolute Gasteiger partial charge is 0.341 e. The van der Waals surface area contributed by atoms with Crippen molar-refractivity contribution in [2.45, 2.75) is 32.7 Å². The molecule has 7 heteroatoms. The molecule has 0 radical (unpaired) electrons. The van der Waals surface area contributed by atoms with Gasteiger partial charge in [-0.05, 0) is 44.7 Å². The Morgan fingerprint density at radius 3 is 2.62 bits per heavy atom. The molecule has 1 unspecified atom stereocenters. The van der Waals surface area contributed by atoms with E-state index in [-0.39, 0.29) is 30.3 Å². The molecule has 0 aromatic heterocycles. The van der Waals surface area contributed by atoms with Crippen LogP contribution in [0.1, 0.15) is 25.3 Å². The predicted octanol–water partition coefficient (Wildman–Crippen LogP) is 2.12. The number of nitrogens with zero attached hydrogens (tertiary/aromatic N) is 1. The molecule has 134 valence electrons. The fourth-order valence-electron chi connectivity index (χ4n) is 2.77. The van der Waals surface area contributed by atoms with Crippen LogP contribution in [0.25, 0.3) is 0 Å². The Hall–Kier alpha value is -1.79. The van der Waals surface area contributed by atoms with Gasteiger partial charge in [-0.1, -0.05) is 17.7 Å². The molecule has 1 fully saturated rings. The zero-order valence-electron chi connectivity index (χ0n) is 14.2. The van der Waals surface area contributed by atoms with Gasteiger partial charge in [0.2, 0.25) is 5.91 Å². The van der Waals surface area contributed by atoms with E-state index in [9.17, 15) is 9.59 Å². The fourth-order valence-corrected chi connectivity index (χ4v) is 2.77. The molecule has 0 spiro atoms. The minimum atomic E-state index is -0.466. The Bertz CT molecular complexity index is 548. The van der Waals surface area contributed by atoms with Crippen molar-refractivity contribution < 1.29 is 9.59 Å². The second kappa shape index (κ2) is 9.49. The summed E-state index contributed by atoms with van der Waals surface area (Å²) in [5.74, 6) is 0.258. The average molecular weight is 355 g/mol. The summed E-state index contributed by atoms with van der Waals surface area (Å²) in [7, 11) is 0. The maximum Gasteiger partial charge on any atom is 0.319 e. The van der Waals surface area contributed by atoms with Crippen LogP contribution in [-0.2, 0) is 4.79 Å². The Labute approximate surface area is 149 Å². The number of nitrogens with one attached hydrogen (secondary N) is 2. The summed E-state index contributed by atoms with van der Waals surface area (Å²) >= 11 is 0. The highest BCUT2D eigenvalue weighted by Crippen LogP contribution is 2.16. The van der Waals surface area contributed by atoms with Gasteiger partial charge >= 0.3 is 6.03 Å². The highest BCUT2D eigenvalue weighted by molar-refractivity contribution is 5.89. The molecule has 1 aliphatic rings. The third-order valence-corrected chi connectivity index (χ3v) is 4.08. The van der Waals surface area contributed by atoms with Crippen LogP contribution in [0.4, 0.5) is 10.5 Å². The number of carbonyl (C=O) groups excluding carboxylic acids is 2. The summed E-state index contributed by atoms with van der Waals surface area (Å²) in [6.07, 6.45) is 1.96. The van der Waals surface area contributed by atoms with Crippen molar-refractivity contribution in [1.82, 2.24) is 10.2 Å². The summed E-state index contributed by atoms with van der Waals surface area (Å²) in [5.41, 5.74) is 7.58. The average Bonchev–Trinajstić information content (AvgIpc) is 2.54. The molecule has 6 nitrogen and oxygen atoms in total. The number of hydrogen-bond acceptors (Lipinski definition) is 3. The van der Waals surface area contributed by atoms with Crippen molar-refractivity contribution in [1.29, 1.82) is 0 Å². The van der Waals surface area contributed by atoms with E-state index in [1.54, 1.807) is 11.8 Å². The van der Waals surface area contributed by atoms with Crippen LogP contribution in [0.5, 0.6) is 0 Å². The van der Waals surface area contributed by atoms with E-state index < -0.39 is 6.04 Å². The number of urea groups is 1. The van der Waals surface area contributed by atoms with E-state index in [2.05, 4.69) is 10.6 Å². The lowest BCUT2D eigenvalue weighted by molar-refractivity contribution is -0.133. The lowest BCUT2D eigenvalue weighted by atomic mass is 9.97. The molecule has 24 heavy (non-hydrogen) atoms. The first kappa shape index (κ1) is 20.3. The topological polar surface area (TPSA) is 87.5 Å². The second-order valence-corrected chi connectivity index (χ2v) is 6.28. The summed E-state index contributed by atoms with van der Waals surface area (Å²) in [4.78, 5) is 25.7. The highest BCUT2D eigenvalue weighted by atomic mass is 35.5. The van der Waals surface area contributed by atoms with E-state index in [1.807, 2.05) is 31.2 Å². The van der Waals surface area contributed by atoms with Crippen LogP contribution in [0.2, 0.25) is 0 Å². The first-order valence-electron chi connectivity index (χ1n) is 8.11. The summed E-state index contributed by atoms with van der Waals surface area (Å²) in [6.45, 7) is 5.68. The molecule has 2 atom stereocenters. The van der Waals surface area contributed by atoms with Gasteiger partial charge in [0.1, 0.15) is 0 Å². The molecule has 3 amide bonds. The van der Waals surface area contributed by atoms with Gasteiger partial charge in [-0.25, -0.2) is 4.79 Å². The van der Waals surface area contributed by atoms with Gasteiger partial charge < -0.3 is 21.3 Å². The Balaban J connectivity index is 0.00000288. The maximum absolute atomic E-state index is 12.0. The van der Waals surface area contributed by atoms with Crippen LogP contribution in [0, 0.1) is 12.8 Å². The standard InChI is InChI=1S/C17H26N4O2.ClH/c1-12-5-7-15(8-6-12)20-17(23)19-10-14-4-3-9-21(11-14)16(22)13(2)18;/h5-8,13-14H,3-4,9-11,18H2,1-2H3,(H2,19,20,23);1H/t13-,14?;/m0./s1. The van der Waals surface area contributed by atoms with Gasteiger partial charge in [0.25, 0.3) is 0 Å². The Morgan fingerprint density at radius 2 is 2.00 bits per heavy atom. The van der Waals surface area contributed by atoms with Gasteiger partial charge in [0.05, 0.1) is 6.04 Å². The van der Waals surface area contributed by atoms with Gasteiger partial charge in [-0.15, -0.1) is 12.4 Å². The van der Waals surface area contributed by atoms with Gasteiger partial charge in [-0.3, -0.25) is 4.79 Å². The summed E-state index contributed by atoms with van der Waals surface area (Å²) < 4.78 is 0. The van der Waals surface area contributed by atoms with Crippen molar-refractivity contribution in [3.8, 4) is 0 Å². The molecule has 0 saturated carbocycles. The minimum absolute atomic E-state index is 0. The van der Waals surface area contributed by atoms with Crippen molar-refractivity contribution in [3.05, 3.63) is 29.8 Å². The van der Waals surface area contributed by atoms with Crippen LogP contribution in [-0.4, -0.2) is 42.5 Å². The van der Waals surface area contributed by atoms with E-state index in [0.717, 1.165) is 30.6 Å².